The number of likely N-dealkylation sites (N-methyl/N-ethyl adjacent to an activating group) is 1. The molecule has 3 N–H and O–H groups in total. The Morgan fingerprint density at radius 2 is 1.85 bits per heavy atom. The largest absolute Gasteiger partial charge is 0.493 e. The molecule has 0 saturated carbocycles. The van der Waals surface area contributed by atoms with Crippen molar-refractivity contribution in [2.45, 2.75) is 25.3 Å². The van der Waals surface area contributed by atoms with Gasteiger partial charge in [0, 0.05) is 19.3 Å². The van der Waals surface area contributed by atoms with Crippen LogP contribution in [0, 0.1) is 0 Å². The van der Waals surface area contributed by atoms with E-state index in [-0.39, 0.29) is 0 Å². The number of piperidine rings is 1. The van der Waals surface area contributed by atoms with Crippen molar-refractivity contribution in [2.75, 3.05) is 40.9 Å². The van der Waals surface area contributed by atoms with Crippen molar-refractivity contribution in [1.82, 2.24) is 0 Å². The molecule has 1 aliphatic heterocycles. The zero-order valence-electron chi connectivity index (χ0n) is 12.9. The summed E-state index contributed by atoms with van der Waals surface area (Å²) in [6.45, 7) is 3.76. The van der Waals surface area contributed by atoms with E-state index >= 15 is 0 Å². The monoisotopic (exact) mass is 280 g/mol. The van der Waals surface area contributed by atoms with Crippen LogP contribution in [-0.4, -0.2) is 46.9 Å². The molecule has 112 valence electrons. The Morgan fingerprint density at radius 1 is 1.15 bits per heavy atom. The number of ether oxygens (including phenoxy) is 2. The average molecular weight is 280 g/mol. The molecule has 0 amide bonds. The fourth-order valence-corrected chi connectivity index (χ4v) is 3.00. The van der Waals surface area contributed by atoms with E-state index < -0.39 is 0 Å². The van der Waals surface area contributed by atoms with Gasteiger partial charge in [-0.05, 0) is 17.7 Å². The van der Waals surface area contributed by atoms with Crippen LogP contribution >= 0.6 is 0 Å². The zero-order chi connectivity index (χ0) is 14.4. The lowest BCUT2D eigenvalue weighted by Crippen LogP contribution is -3.14. The van der Waals surface area contributed by atoms with Crippen molar-refractivity contribution in [3.05, 3.63) is 23.8 Å². The SMILES string of the molecule is COc1ccc(CC[NH+](C)C2CC[NH2+]CC2)cc1OC. The van der Waals surface area contributed by atoms with Gasteiger partial charge in [-0.2, -0.15) is 0 Å². The molecule has 1 atom stereocenters. The molecule has 2 rings (SSSR count). The van der Waals surface area contributed by atoms with Gasteiger partial charge in [0.15, 0.2) is 11.5 Å². The molecule has 0 spiro atoms. The van der Waals surface area contributed by atoms with E-state index in [4.69, 9.17) is 9.47 Å². The number of rotatable bonds is 6. The fraction of sp³-hybridized carbons (Fsp3) is 0.625. The molecule has 4 heteroatoms. The highest BCUT2D eigenvalue weighted by molar-refractivity contribution is 5.42. The van der Waals surface area contributed by atoms with Gasteiger partial charge in [-0.3, -0.25) is 0 Å². The Kier molecular flexibility index (Phi) is 5.68. The lowest BCUT2D eigenvalue weighted by atomic mass is 10.0. The van der Waals surface area contributed by atoms with Crippen LogP contribution in [0.15, 0.2) is 18.2 Å². The first-order valence-corrected chi connectivity index (χ1v) is 7.59. The summed E-state index contributed by atoms with van der Waals surface area (Å²) in [6, 6.07) is 7.07. The minimum atomic E-state index is 0.805. The van der Waals surface area contributed by atoms with E-state index in [9.17, 15) is 0 Å². The number of hydrogen-bond acceptors (Lipinski definition) is 2. The van der Waals surface area contributed by atoms with E-state index in [0.717, 1.165) is 24.0 Å². The summed E-state index contributed by atoms with van der Waals surface area (Å²) >= 11 is 0. The second-order valence-electron chi connectivity index (χ2n) is 5.68. The van der Waals surface area contributed by atoms with E-state index in [2.05, 4.69) is 24.5 Å². The Morgan fingerprint density at radius 3 is 2.50 bits per heavy atom. The highest BCUT2D eigenvalue weighted by Gasteiger charge is 2.22. The van der Waals surface area contributed by atoms with Gasteiger partial charge >= 0.3 is 0 Å². The predicted octanol–water partition coefficient (Wildman–Crippen LogP) is -0.513. The maximum atomic E-state index is 5.36. The molecule has 4 nitrogen and oxygen atoms in total. The van der Waals surface area contributed by atoms with Crippen LogP contribution in [0.3, 0.4) is 0 Å². The maximum Gasteiger partial charge on any atom is 0.160 e. The molecular weight excluding hydrogens is 252 g/mol. The van der Waals surface area contributed by atoms with Crippen molar-refractivity contribution in [2.24, 2.45) is 0 Å². The first kappa shape index (κ1) is 15.1. The summed E-state index contributed by atoms with van der Waals surface area (Å²) in [5.74, 6) is 1.63. The molecule has 0 aliphatic carbocycles. The summed E-state index contributed by atoms with van der Waals surface area (Å²) < 4.78 is 10.6. The molecule has 1 aromatic carbocycles. The number of methoxy groups -OCH3 is 2. The first-order valence-electron chi connectivity index (χ1n) is 7.59. The highest BCUT2D eigenvalue weighted by atomic mass is 16.5. The third kappa shape index (κ3) is 3.87. The fourth-order valence-electron chi connectivity index (χ4n) is 3.00. The van der Waals surface area contributed by atoms with Crippen LogP contribution in [0.25, 0.3) is 0 Å². The molecule has 0 radical (unpaired) electrons. The highest BCUT2D eigenvalue weighted by Crippen LogP contribution is 2.27. The second-order valence-corrected chi connectivity index (χ2v) is 5.68. The summed E-state index contributed by atoms with van der Waals surface area (Å²) in [5, 5.41) is 2.43. The molecule has 20 heavy (non-hydrogen) atoms. The van der Waals surface area contributed by atoms with Crippen LogP contribution in [0.2, 0.25) is 0 Å². The molecule has 1 aliphatic rings. The topological polar surface area (TPSA) is 39.5 Å². The van der Waals surface area contributed by atoms with Gasteiger partial charge in [-0.25, -0.2) is 0 Å². The standard InChI is InChI=1S/C16H26N2O2/c1-18(14-6-9-17-10-7-14)11-8-13-4-5-15(19-2)16(12-13)20-3/h4-5,12,14,17H,6-11H2,1-3H3/p+2. The minimum absolute atomic E-state index is 0.805. The van der Waals surface area contributed by atoms with Crippen LogP contribution in [0.4, 0.5) is 0 Å². The normalized spacial score (nSPS) is 17.8. The number of quaternary nitrogens is 2. The van der Waals surface area contributed by atoms with Crippen molar-refractivity contribution < 1.29 is 19.7 Å². The van der Waals surface area contributed by atoms with E-state index in [1.165, 1.54) is 38.0 Å². The Labute approximate surface area is 122 Å². The van der Waals surface area contributed by atoms with Crippen LogP contribution in [0.5, 0.6) is 11.5 Å². The lowest BCUT2D eigenvalue weighted by molar-refractivity contribution is -0.913. The van der Waals surface area contributed by atoms with Crippen molar-refractivity contribution in [3.8, 4) is 11.5 Å². The molecule has 0 bridgehead atoms. The van der Waals surface area contributed by atoms with Gasteiger partial charge in [0.1, 0.15) is 0 Å². The van der Waals surface area contributed by atoms with Gasteiger partial charge in [-0.15, -0.1) is 0 Å². The summed E-state index contributed by atoms with van der Waals surface area (Å²) in [4.78, 5) is 1.66. The molecule has 1 saturated heterocycles. The van der Waals surface area contributed by atoms with Crippen molar-refractivity contribution in [1.29, 1.82) is 0 Å². The van der Waals surface area contributed by atoms with Crippen LogP contribution in [0.1, 0.15) is 18.4 Å². The molecular formula is C16H28N2O2+2. The van der Waals surface area contributed by atoms with Gasteiger partial charge < -0.3 is 19.7 Å². The Bertz CT molecular complexity index is 417. The third-order valence-electron chi connectivity index (χ3n) is 4.39. The number of hydrogen-bond donors (Lipinski definition) is 2. The third-order valence-corrected chi connectivity index (χ3v) is 4.39. The van der Waals surface area contributed by atoms with Gasteiger partial charge in [0.2, 0.25) is 0 Å². The summed E-state index contributed by atoms with van der Waals surface area (Å²) in [5.41, 5.74) is 1.32. The smallest absolute Gasteiger partial charge is 0.160 e. The number of benzene rings is 1. The molecule has 1 heterocycles. The molecule has 1 aromatic rings. The van der Waals surface area contributed by atoms with Gasteiger partial charge in [0.25, 0.3) is 0 Å². The van der Waals surface area contributed by atoms with Crippen LogP contribution < -0.4 is 19.7 Å². The maximum absolute atomic E-state index is 5.36. The second kappa shape index (κ2) is 7.50. The summed E-state index contributed by atoms with van der Waals surface area (Å²) in [6.07, 6.45) is 3.78. The molecule has 0 aromatic heterocycles. The number of nitrogens with one attached hydrogen (secondary N) is 1. The molecule has 1 unspecified atom stereocenters. The Hall–Kier alpha value is -1.26. The van der Waals surface area contributed by atoms with Crippen LogP contribution in [-0.2, 0) is 6.42 Å². The van der Waals surface area contributed by atoms with Crippen molar-refractivity contribution >= 4 is 0 Å². The van der Waals surface area contributed by atoms with Gasteiger partial charge in [0.05, 0.1) is 46.9 Å². The average Bonchev–Trinajstić information content (AvgIpc) is 2.53. The van der Waals surface area contributed by atoms with Crippen molar-refractivity contribution in [3.63, 3.8) is 0 Å². The predicted molar refractivity (Wildman–Crippen MR) is 79.7 cm³/mol. The molecule has 1 fully saturated rings. The lowest BCUT2D eigenvalue weighted by Gasteiger charge is -2.27. The summed E-state index contributed by atoms with van der Waals surface area (Å²) in [7, 11) is 5.70. The van der Waals surface area contributed by atoms with E-state index in [1.807, 2.05) is 6.07 Å². The zero-order valence-corrected chi connectivity index (χ0v) is 12.9. The minimum Gasteiger partial charge on any atom is -0.493 e. The Balaban J connectivity index is 1.89. The first-order chi connectivity index (χ1) is 9.74. The number of nitrogens with two attached hydrogens (primary N) is 1. The van der Waals surface area contributed by atoms with E-state index in [1.54, 1.807) is 19.1 Å². The van der Waals surface area contributed by atoms with Gasteiger partial charge in [-0.1, -0.05) is 6.07 Å². The van der Waals surface area contributed by atoms with E-state index in [0.29, 0.717) is 0 Å². The quantitative estimate of drug-likeness (QED) is 0.736.